The first kappa shape index (κ1) is 16.6. The maximum atomic E-state index is 12.9. The third-order valence-electron chi connectivity index (χ3n) is 5.15. The molecule has 1 aromatic heterocycles. The molecule has 4 rings (SSSR count). The molecule has 0 spiro atoms. The molecule has 6 heteroatoms. The van der Waals surface area contributed by atoms with Crippen molar-refractivity contribution >= 4 is 23.3 Å². The third kappa shape index (κ3) is 2.92. The van der Waals surface area contributed by atoms with Gasteiger partial charge in [-0.2, -0.15) is 0 Å². The highest BCUT2D eigenvalue weighted by Crippen LogP contribution is 2.32. The molecule has 2 aromatic rings. The quantitative estimate of drug-likeness (QED) is 0.735. The molecular formula is C20H22N4O2. The number of aromatic nitrogens is 1. The summed E-state index contributed by atoms with van der Waals surface area (Å²) in [5.41, 5.74) is 1.99. The Kier molecular flexibility index (Phi) is 4.32. The molecule has 134 valence electrons. The van der Waals surface area contributed by atoms with Gasteiger partial charge in [0.05, 0.1) is 0 Å². The Labute approximate surface area is 153 Å². The first-order valence-corrected chi connectivity index (χ1v) is 9.01. The minimum Gasteiger partial charge on any atom is -0.353 e. The number of carbonyl (C=O) groups excluding carboxylic acids is 2. The molecule has 2 aliphatic heterocycles. The van der Waals surface area contributed by atoms with E-state index in [1.165, 1.54) is 0 Å². The van der Waals surface area contributed by atoms with E-state index in [-0.39, 0.29) is 6.04 Å². The monoisotopic (exact) mass is 350 g/mol. The Morgan fingerprint density at radius 1 is 0.962 bits per heavy atom. The maximum absolute atomic E-state index is 12.9. The van der Waals surface area contributed by atoms with E-state index in [4.69, 9.17) is 0 Å². The summed E-state index contributed by atoms with van der Waals surface area (Å²) < 4.78 is 0. The van der Waals surface area contributed by atoms with Crippen molar-refractivity contribution in [3.05, 3.63) is 54.2 Å². The summed E-state index contributed by atoms with van der Waals surface area (Å²) in [5.74, 6) is 0.0796. The summed E-state index contributed by atoms with van der Waals surface area (Å²) >= 11 is 0. The van der Waals surface area contributed by atoms with Gasteiger partial charge in [0.1, 0.15) is 5.82 Å². The number of amides is 2. The van der Waals surface area contributed by atoms with Crippen LogP contribution in [0.3, 0.4) is 0 Å². The van der Waals surface area contributed by atoms with Crippen LogP contribution >= 0.6 is 0 Å². The van der Waals surface area contributed by atoms with Crippen molar-refractivity contribution in [2.24, 2.45) is 0 Å². The number of carbonyl (C=O) groups is 2. The van der Waals surface area contributed by atoms with Crippen molar-refractivity contribution < 1.29 is 9.59 Å². The van der Waals surface area contributed by atoms with Crippen LogP contribution in [0.15, 0.2) is 48.7 Å². The molecule has 1 atom stereocenters. The lowest BCUT2D eigenvalue weighted by Crippen LogP contribution is -2.54. The standard InChI is InChI=1S/C20H22N4O2/c1-15-14-16-6-2-3-7-17(16)24(15)20(26)19(25)23-12-10-22(11-13-23)18-8-4-5-9-21-18/h2-9,15H,10-14H2,1H3. The first-order chi connectivity index (χ1) is 12.6. The van der Waals surface area contributed by atoms with Crippen LogP contribution in [0, 0.1) is 0 Å². The largest absolute Gasteiger partial charge is 0.353 e. The zero-order valence-corrected chi connectivity index (χ0v) is 14.8. The number of piperazine rings is 1. The zero-order chi connectivity index (χ0) is 18.1. The van der Waals surface area contributed by atoms with Gasteiger partial charge in [-0.15, -0.1) is 0 Å². The normalized spacial score (nSPS) is 19.4. The second-order valence-electron chi connectivity index (χ2n) is 6.82. The minimum atomic E-state index is -0.422. The van der Waals surface area contributed by atoms with Crippen LogP contribution in [-0.4, -0.2) is 53.9 Å². The van der Waals surface area contributed by atoms with Gasteiger partial charge in [-0.25, -0.2) is 4.98 Å². The van der Waals surface area contributed by atoms with Crippen molar-refractivity contribution in [3.8, 4) is 0 Å². The topological polar surface area (TPSA) is 56.8 Å². The van der Waals surface area contributed by atoms with Gasteiger partial charge in [-0.05, 0) is 37.1 Å². The van der Waals surface area contributed by atoms with Crippen molar-refractivity contribution in [2.45, 2.75) is 19.4 Å². The van der Waals surface area contributed by atoms with Gasteiger partial charge in [0.2, 0.25) is 0 Å². The molecule has 1 fully saturated rings. The molecule has 2 amide bonds. The average molecular weight is 350 g/mol. The molecule has 26 heavy (non-hydrogen) atoms. The summed E-state index contributed by atoms with van der Waals surface area (Å²) in [6.45, 7) is 4.42. The second kappa shape index (κ2) is 6.78. The van der Waals surface area contributed by atoms with E-state index < -0.39 is 11.8 Å². The highest BCUT2D eigenvalue weighted by molar-refractivity contribution is 6.40. The number of hydrogen-bond donors (Lipinski definition) is 0. The Balaban J connectivity index is 1.43. The van der Waals surface area contributed by atoms with E-state index in [9.17, 15) is 9.59 Å². The fourth-order valence-electron chi connectivity index (χ4n) is 3.79. The van der Waals surface area contributed by atoms with Crippen LogP contribution in [0.4, 0.5) is 11.5 Å². The number of hydrogen-bond acceptors (Lipinski definition) is 4. The predicted molar refractivity (Wildman–Crippen MR) is 100 cm³/mol. The second-order valence-corrected chi connectivity index (χ2v) is 6.82. The maximum Gasteiger partial charge on any atom is 0.316 e. The van der Waals surface area contributed by atoms with Gasteiger partial charge >= 0.3 is 11.8 Å². The molecule has 1 unspecified atom stereocenters. The fraction of sp³-hybridized carbons (Fsp3) is 0.350. The number of fused-ring (bicyclic) bond motifs is 1. The van der Waals surface area contributed by atoms with E-state index in [2.05, 4.69) is 9.88 Å². The van der Waals surface area contributed by atoms with E-state index in [1.807, 2.05) is 49.4 Å². The van der Waals surface area contributed by atoms with Gasteiger partial charge in [0.25, 0.3) is 0 Å². The number of pyridine rings is 1. The molecule has 3 heterocycles. The number of para-hydroxylation sites is 1. The Bertz CT molecular complexity index is 816. The van der Waals surface area contributed by atoms with Crippen LogP contribution in [0.2, 0.25) is 0 Å². The molecule has 0 N–H and O–H groups in total. The van der Waals surface area contributed by atoms with Crippen LogP contribution in [0.5, 0.6) is 0 Å². The van der Waals surface area contributed by atoms with Crippen molar-refractivity contribution in [2.75, 3.05) is 36.0 Å². The summed E-state index contributed by atoms with van der Waals surface area (Å²) in [5, 5.41) is 0. The molecule has 1 saturated heterocycles. The first-order valence-electron chi connectivity index (χ1n) is 9.01. The van der Waals surface area contributed by atoms with E-state index in [1.54, 1.807) is 16.0 Å². The van der Waals surface area contributed by atoms with Gasteiger partial charge in [-0.3, -0.25) is 9.59 Å². The van der Waals surface area contributed by atoms with E-state index >= 15 is 0 Å². The highest BCUT2D eigenvalue weighted by Gasteiger charge is 2.36. The lowest BCUT2D eigenvalue weighted by molar-refractivity contribution is -0.144. The molecule has 0 saturated carbocycles. The van der Waals surface area contributed by atoms with Crippen LogP contribution in [0.1, 0.15) is 12.5 Å². The number of nitrogens with zero attached hydrogens (tertiary/aromatic N) is 4. The average Bonchev–Trinajstić information content (AvgIpc) is 3.03. The smallest absolute Gasteiger partial charge is 0.316 e. The number of rotatable bonds is 1. The van der Waals surface area contributed by atoms with Crippen molar-refractivity contribution in [1.82, 2.24) is 9.88 Å². The Morgan fingerprint density at radius 3 is 2.42 bits per heavy atom. The summed E-state index contributed by atoms with van der Waals surface area (Å²) in [6.07, 6.45) is 2.56. The molecule has 0 radical (unpaired) electrons. The predicted octanol–water partition coefficient (Wildman–Crippen LogP) is 1.71. The van der Waals surface area contributed by atoms with Crippen LogP contribution < -0.4 is 9.80 Å². The lowest BCUT2D eigenvalue weighted by Gasteiger charge is -2.36. The molecular weight excluding hydrogens is 328 g/mol. The fourth-order valence-corrected chi connectivity index (χ4v) is 3.79. The molecule has 2 aliphatic rings. The van der Waals surface area contributed by atoms with E-state index in [0.717, 1.165) is 23.5 Å². The van der Waals surface area contributed by atoms with E-state index in [0.29, 0.717) is 26.2 Å². The Hall–Kier alpha value is -2.89. The zero-order valence-electron chi connectivity index (χ0n) is 14.8. The third-order valence-corrected chi connectivity index (χ3v) is 5.15. The van der Waals surface area contributed by atoms with Gasteiger partial charge in [0.15, 0.2) is 0 Å². The minimum absolute atomic E-state index is 0.0126. The highest BCUT2D eigenvalue weighted by atomic mass is 16.2. The van der Waals surface area contributed by atoms with Crippen molar-refractivity contribution in [3.63, 3.8) is 0 Å². The van der Waals surface area contributed by atoms with Crippen LogP contribution in [-0.2, 0) is 16.0 Å². The van der Waals surface area contributed by atoms with Gasteiger partial charge in [-0.1, -0.05) is 24.3 Å². The summed E-state index contributed by atoms with van der Waals surface area (Å²) in [6, 6.07) is 13.6. The number of benzene rings is 1. The lowest BCUT2D eigenvalue weighted by atomic mass is 10.1. The molecule has 6 nitrogen and oxygen atoms in total. The SMILES string of the molecule is CC1Cc2ccccc2N1C(=O)C(=O)N1CCN(c2ccccn2)CC1. The van der Waals surface area contributed by atoms with Crippen LogP contribution in [0.25, 0.3) is 0 Å². The van der Waals surface area contributed by atoms with Crippen molar-refractivity contribution in [1.29, 1.82) is 0 Å². The molecule has 0 aliphatic carbocycles. The summed E-state index contributed by atoms with van der Waals surface area (Å²) in [4.78, 5) is 35.5. The molecule has 1 aromatic carbocycles. The van der Waals surface area contributed by atoms with Gasteiger partial charge < -0.3 is 14.7 Å². The Morgan fingerprint density at radius 2 is 1.69 bits per heavy atom. The molecule has 0 bridgehead atoms. The van der Waals surface area contributed by atoms with Gasteiger partial charge in [0, 0.05) is 44.1 Å². The number of anilines is 2. The summed E-state index contributed by atoms with van der Waals surface area (Å²) in [7, 11) is 0.